The van der Waals surface area contributed by atoms with Crippen molar-refractivity contribution in [3.8, 4) is 0 Å². The summed E-state index contributed by atoms with van der Waals surface area (Å²) in [5, 5.41) is 23.2. The fourth-order valence-electron chi connectivity index (χ4n) is 10.7. The van der Waals surface area contributed by atoms with Crippen molar-refractivity contribution >= 4 is 11.9 Å². The van der Waals surface area contributed by atoms with Gasteiger partial charge in [-0.2, -0.15) is 0 Å². The van der Waals surface area contributed by atoms with Crippen molar-refractivity contribution in [2.75, 3.05) is 13.2 Å². The SMILES string of the molecule is CCCCCCCCCCCCCCCCCCCCC(=O)OCCCCCCCCCCCCCC/C=C\CCCCCCCCCCCCCC(=O)NC(CO)C(O)CCCCCCCCCCCCC. The molecule has 0 spiro atoms. The Hall–Kier alpha value is -1.40. The molecular weight excluding hydrogens is 899 g/mol. The van der Waals surface area contributed by atoms with Crippen LogP contribution in [0.1, 0.15) is 380 Å². The third-order valence-electron chi connectivity index (χ3n) is 15.8. The van der Waals surface area contributed by atoms with E-state index in [1.165, 1.54) is 308 Å². The Morgan fingerprint density at radius 3 is 0.973 bits per heavy atom. The van der Waals surface area contributed by atoms with Gasteiger partial charge in [-0.3, -0.25) is 9.59 Å². The van der Waals surface area contributed by atoms with Crippen LogP contribution in [-0.4, -0.2) is 47.4 Å². The molecule has 0 saturated carbocycles. The summed E-state index contributed by atoms with van der Waals surface area (Å²) in [6.07, 6.45) is 76.8. The second-order valence-electron chi connectivity index (χ2n) is 23.2. The predicted octanol–water partition coefficient (Wildman–Crippen LogP) is 21.2. The van der Waals surface area contributed by atoms with E-state index in [9.17, 15) is 19.8 Å². The number of allylic oxidation sites excluding steroid dienone is 2. The number of aliphatic hydroxyl groups excluding tert-OH is 2. The molecule has 0 radical (unpaired) electrons. The van der Waals surface area contributed by atoms with Crippen LogP contribution in [0.5, 0.6) is 0 Å². The molecule has 3 N–H and O–H groups in total. The summed E-state index contributed by atoms with van der Waals surface area (Å²) in [4.78, 5) is 24.6. The highest BCUT2D eigenvalue weighted by molar-refractivity contribution is 5.76. The first-order valence-electron chi connectivity index (χ1n) is 33.4. The number of aliphatic hydroxyl groups is 2. The van der Waals surface area contributed by atoms with Crippen LogP contribution in [-0.2, 0) is 14.3 Å². The summed E-state index contributed by atoms with van der Waals surface area (Å²) in [6, 6.07) is -0.540. The van der Waals surface area contributed by atoms with Crippen LogP contribution in [0.15, 0.2) is 12.2 Å². The molecule has 6 heteroatoms. The highest BCUT2D eigenvalue weighted by Gasteiger charge is 2.20. The number of unbranched alkanes of at least 4 members (excludes halogenated alkanes) is 50. The van der Waals surface area contributed by atoms with Crippen LogP contribution in [0.4, 0.5) is 0 Å². The Morgan fingerprint density at radius 2 is 0.644 bits per heavy atom. The van der Waals surface area contributed by atoms with Gasteiger partial charge in [-0.05, 0) is 51.4 Å². The maximum absolute atomic E-state index is 12.5. The summed E-state index contributed by atoms with van der Waals surface area (Å²) in [6.45, 7) is 4.98. The van der Waals surface area contributed by atoms with Crippen molar-refractivity contribution in [2.45, 2.75) is 392 Å². The van der Waals surface area contributed by atoms with Gasteiger partial charge in [0.25, 0.3) is 0 Å². The zero-order valence-corrected chi connectivity index (χ0v) is 49.6. The molecular formula is C67H131NO5. The average molecular weight is 1030 g/mol. The number of hydrogen-bond donors (Lipinski definition) is 3. The van der Waals surface area contributed by atoms with E-state index >= 15 is 0 Å². The molecule has 2 unspecified atom stereocenters. The molecule has 6 nitrogen and oxygen atoms in total. The molecule has 0 heterocycles. The zero-order chi connectivity index (χ0) is 52.9. The Morgan fingerprint density at radius 1 is 0.370 bits per heavy atom. The maximum atomic E-state index is 12.5. The van der Waals surface area contributed by atoms with Gasteiger partial charge in [0.1, 0.15) is 0 Å². The van der Waals surface area contributed by atoms with Gasteiger partial charge in [0, 0.05) is 12.8 Å². The molecule has 0 aliphatic carbocycles. The van der Waals surface area contributed by atoms with Crippen LogP contribution in [0, 0.1) is 0 Å². The number of hydrogen-bond acceptors (Lipinski definition) is 5. The predicted molar refractivity (Wildman–Crippen MR) is 320 cm³/mol. The summed E-state index contributed by atoms with van der Waals surface area (Å²) >= 11 is 0. The monoisotopic (exact) mass is 1030 g/mol. The third-order valence-corrected chi connectivity index (χ3v) is 15.8. The molecule has 0 aliphatic rings. The topological polar surface area (TPSA) is 95.9 Å². The highest BCUT2D eigenvalue weighted by Crippen LogP contribution is 2.18. The smallest absolute Gasteiger partial charge is 0.305 e. The Bertz CT molecular complexity index is 1100. The van der Waals surface area contributed by atoms with Crippen LogP contribution >= 0.6 is 0 Å². The molecule has 0 aliphatic heterocycles. The van der Waals surface area contributed by atoms with Gasteiger partial charge in [-0.1, -0.05) is 328 Å². The van der Waals surface area contributed by atoms with E-state index in [0.29, 0.717) is 25.9 Å². The molecule has 0 rings (SSSR count). The molecule has 0 aromatic heterocycles. The summed E-state index contributed by atoms with van der Waals surface area (Å²) < 4.78 is 5.51. The number of carbonyl (C=O) groups is 2. The fourth-order valence-corrected chi connectivity index (χ4v) is 10.7. The van der Waals surface area contributed by atoms with Crippen molar-refractivity contribution < 1.29 is 24.5 Å². The highest BCUT2D eigenvalue weighted by atomic mass is 16.5. The second-order valence-corrected chi connectivity index (χ2v) is 23.2. The van der Waals surface area contributed by atoms with Gasteiger partial charge in [0.05, 0.1) is 25.4 Å². The van der Waals surface area contributed by atoms with E-state index < -0.39 is 12.1 Å². The van der Waals surface area contributed by atoms with Gasteiger partial charge in [0.2, 0.25) is 5.91 Å². The molecule has 0 aromatic carbocycles. The number of rotatable bonds is 63. The van der Waals surface area contributed by atoms with Crippen LogP contribution in [0.3, 0.4) is 0 Å². The van der Waals surface area contributed by atoms with Gasteiger partial charge in [-0.15, -0.1) is 0 Å². The minimum absolute atomic E-state index is 0.0203. The second kappa shape index (κ2) is 63.1. The van der Waals surface area contributed by atoms with Crippen molar-refractivity contribution in [1.82, 2.24) is 5.32 Å². The lowest BCUT2D eigenvalue weighted by atomic mass is 10.0. The minimum Gasteiger partial charge on any atom is -0.466 e. The molecule has 0 bridgehead atoms. The molecule has 434 valence electrons. The largest absolute Gasteiger partial charge is 0.466 e. The quantitative estimate of drug-likeness (QED) is 0.0320. The number of carbonyl (C=O) groups excluding carboxylic acids is 2. The first-order valence-corrected chi connectivity index (χ1v) is 33.4. The Labute approximate surface area is 457 Å². The van der Waals surface area contributed by atoms with Crippen LogP contribution < -0.4 is 5.32 Å². The first-order chi connectivity index (χ1) is 36.0. The average Bonchev–Trinajstić information content (AvgIpc) is 3.39. The molecule has 1 amide bonds. The summed E-state index contributed by atoms with van der Waals surface area (Å²) in [5.74, 6) is -0.0147. The first kappa shape index (κ1) is 71.6. The number of amides is 1. The van der Waals surface area contributed by atoms with E-state index in [0.717, 1.165) is 38.5 Å². The molecule has 0 saturated heterocycles. The Balaban J connectivity index is 3.33. The van der Waals surface area contributed by atoms with Gasteiger partial charge in [0.15, 0.2) is 0 Å². The van der Waals surface area contributed by atoms with E-state index in [-0.39, 0.29) is 18.5 Å². The lowest BCUT2D eigenvalue weighted by Crippen LogP contribution is -2.45. The van der Waals surface area contributed by atoms with Crippen LogP contribution in [0.25, 0.3) is 0 Å². The van der Waals surface area contributed by atoms with Crippen molar-refractivity contribution in [1.29, 1.82) is 0 Å². The fraction of sp³-hybridized carbons (Fsp3) is 0.940. The summed E-state index contributed by atoms with van der Waals surface area (Å²) in [7, 11) is 0. The number of ether oxygens (including phenoxy) is 1. The van der Waals surface area contributed by atoms with E-state index in [1.54, 1.807) is 0 Å². The molecule has 0 fully saturated rings. The number of esters is 1. The summed E-state index contributed by atoms with van der Waals surface area (Å²) in [5.41, 5.74) is 0. The molecule has 0 aromatic rings. The van der Waals surface area contributed by atoms with Gasteiger partial charge in [-0.25, -0.2) is 0 Å². The van der Waals surface area contributed by atoms with Gasteiger partial charge < -0.3 is 20.3 Å². The lowest BCUT2D eigenvalue weighted by molar-refractivity contribution is -0.143. The van der Waals surface area contributed by atoms with Crippen molar-refractivity contribution in [3.63, 3.8) is 0 Å². The number of nitrogens with one attached hydrogen (secondary N) is 1. The van der Waals surface area contributed by atoms with E-state index in [4.69, 9.17) is 4.74 Å². The zero-order valence-electron chi connectivity index (χ0n) is 49.6. The van der Waals surface area contributed by atoms with Crippen molar-refractivity contribution in [3.05, 3.63) is 12.2 Å². The third kappa shape index (κ3) is 59.7. The lowest BCUT2D eigenvalue weighted by Gasteiger charge is -2.22. The van der Waals surface area contributed by atoms with Gasteiger partial charge >= 0.3 is 5.97 Å². The molecule has 73 heavy (non-hydrogen) atoms. The minimum atomic E-state index is -0.662. The molecule has 2 atom stereocenters. The van der Waals surface area contributed by atoms with Crippen molar-refractivity contribution in [2.24, 2.45) is 0 Å². The Kier molecular flexibility index (Phi) is 61.9. The van der Waals surface area contributed by atoms with E-state index in [2.05, 4.69) is 31.3 Å². The normalized spacial score (nSPS) is 12.5. The van der Waals surface area contributed by atoms with Crippen LogP contribution in [0.2, 0.25) is 0 Å². The maximum Gasteiger partial charge on any atom is 0.305 e. The van der Waals surface area contributed by atoms with E-state index in [1.807, 2.05) is 0 Å². The standard InChI is InChI=1S/C67H131NO5/c1-3-5-7-9-11-13-15-16-17-18-31-34-37-41-45-49-53-57-61-67(72)73-62-58-54-50-46-42-38-35-32-29-27-25-23-21-19-20-22-24-26-28-30-33-36-40-44-48-52-56-60-66(71)68-64(63-69)65(70)59-55-51-47-43-39-14-12-10-8-6-4-2/h19-20,64-65,69-70H,3-18,21-63H2,1-2H3,(H,68,71)/b20-19-.